The van der Waals surface area contributed by atoms with Crippen LogP contribution in [0.3, 0.4) is 0 Å². The summed E-state index contributed by atoms with van der Waals surface area (Å²) in [6.07, 6.45) is 1.31. The normalized spacial score (nSPS) is 20.4. The van der Waals surface area contributed by atoms with Crippen LogP contribution >= 0.6 is 23.2 Å². The second-order valence-electron chi connectivity index (χ2n) is 13.9. The van der Waals surface area contributed by atoms with E-state index in [1.54, 1.807) is 54.6 Å². The van der Waals surface area contributed by atoms with Crippen molar-refractivity contribution in [2.45, 2.75) is 75.7 Å². The summed E-state index contributed by atoms with van der Waals surface area (Å²) < 4.78 is 34.4. The molecule has 0 aliphatic carbocycles. The molecule has 258 valence electrons. The molecular weight excluding hydrogens is 672 g/mol. The number of hydrogen-bond acceptors (Lipinski definition) is 6. The zero-order chi connectivity index (χ0) is 34.9. The summed E-state index contributed by atoms with van der Waals surface area (Å²) in [4.78, 5) is 29.8. The number of methoxy groups -OCH3 is 1. The summed E-state index contributed by atoms with van der Waals surface area (Å²) in [5, 5.41) is 13.0. The van der Waals surface area contributed by atoms with Crippen molar-refractivity contribution in [1.29, 1.82) is 0 Å². The van der Waals surface area contributed by atoms with Gasteiger partial charge in [0.05, 0.1) is 35.8 Å². The average Bonchev–Trinajstić information content (AvgIpc) is 3.32. The highest BCUT2D eigenvalue weighted by molar-refractivity contribution is 6.76. The molecule has 0 bridgehead atoms. The lowest BCUT2D eigenvalue weighted by Gasteiger charge is -2.43. The molecule has 2 aliphatic heterocycles. The van der Waals surface area contributed by atoms with Gasteiger partial charge in [0, 0.05) is 44.0 Å². The molecule has 1 fully saturated rings. The largest absolute Gasteiger partial charge is 0.466 e. The smallest absolute Gasteiger partial charge is 0.308 e. The van der Waals surface area contributed by atoms with E-state index in [-0.39, 0.29) is 30.1 Å². The molecule has 48 heavy (non-hydrogen) atoms. The molecule has 0 saturated carbocycles. The van der Waals surface area contributed by atoms with Gasteiger partial charge in [0.25, 0.3) is 5.91 Å². The number of ether oxygens (including phenoxy) is 3. The Hall–Kier alpha value is -2.79. The molecule has 5 rings (SSSR count). The summed E-state index contributed by atoms with van der Waals surface area (Å²) >= 11 is 12.5. The molecule has 0 aromatic heterocycles. The van der Waals surface area contributed by atoms with Gasteiger partial charge in [-0.2, -0.15) is 0 Å². The third kappa shape index (κ3) is 7.09. The zero-order valence-electron chi connectivity index (χ0n) is 28.2. The number of hydrogen-bond donors (Lipinski definition) is 1. The van der Waals surface area contributed by atoms with E-state index in [1.165, 1.54) is 18.1 Å². The Morgan fingerprint density at radius 3 is 2.25 bits per heavy atom. The Labute approximate surface area is 293 Å². The fourth-order valence-corrected chi connectivity index (χ4v) is 8.00. The molecule has 3 aromatic carbocycles. The van der Waals surface area contributed by atoms with Gasteiger partial charge < -0.3 is 19.3 Å². The molecule has 1 saturated heterocycles. The molecule has 0 spiro atoms. The number of aliphatic hydroxyl groups is 1. The monoisotopic (exact) mass is 715 g/mol. The molecule has 2 heterocycles. The van der Waals surface area contributed by atoms with Crippen LogP contribution in [0.2, 0.25) is 35.7 Å². The van der Waals surface area contributed by atoms with E-state index in [4.69, 9.17) is 37.4 Å². The first-order chi connectivity index (χ1) is 22.7. The van der Waals surface area contributed by atoms with Gasteiger partial charge in [-0.3, -0.25) is 14.5 Å². The second-order valence-corrected chi connectivity index (χ2v) is 20.4. The van der Waals surface area contributed by atoms with Crippen LogP contribution in [0.1, 0.15) is 71.3 Å². The van der Waals surface area contributed by atoms with E-state index in [9.17, 15) is 14.7 Å². The number of nitrogens with zero attached hydrogens (tertiary/aromatic N) is 1. The SMILES string of the molecule is CCC(O)(c1cc(F)c2c(c1)C(=O)N([C@@H](CC(=O)OCC[Si](C)(C)C)c1ccc(Cl)cc1)[C@@]2(OC)c1ccc(Cl)cc1)C1CCOCC1. The molecule has 3 aromatic rings. The predicted octanol–water partition coefficient (Wildman–Crippen LogP) is 8.47. The van der Waals surface area contributed by atoms with Gasteiger partial charge >= 0.3 is 5.97 Å². The van der Waals surface area contributed by atoms with E-state index < -0.39 is 43.1 Å². The van der Waals surface area contributed by atoms with E-state index in [2.05, 4.69) is 19.6 Å². The van der Waals surface area contributed by atoms with E-state index >= 15 is 4.39 Å². The maximum Gasteiger partial charge on any atom is 0.308 e. The van der Waals surface area contributed by atoms with Crippen LogP contribution in [-0.4, -0.2) is 56.9 Å². The van der Waals surface area contributed by atoms with Gasteiger partial charge in [0.1, 0.15) is 5.82 Å². The Balaban J connectivity index is 1.69. The third-order valence-electron chi connectivity index (χ3n) is 9.73. The predicted molar refractivity (Wildman–Crippen MR) is 187 cm³/mol. The summed E-state index contributed by atoms with van der Waals surface area (Å²) in [5.74, 6) is -1.94. The first-order valence-corrected chi connectivity index (χ1v) is 20.9. The Morgan fingerprint density at radius 1 is 1.08 bits per heavy atom. The van der Waals surface area contributed by atoms with Crippen molar-refractivity contribution < 1.29 is 33.3 Å². The topological polar surface area (TPSA) is 85.3 Å². The number of rotatable bonds is 12. The van der Waals surface area contributed by atoms with E-state index in [0.29, 0.717) is 59.2 Å². The lowest BCUT2D eigenvalue weighted by molar-refractivity contribution is -0.148. The average molecular weight is 717 g/mol. The van der Waals surface area contributed by atoms with Crippen LogP contribution in [0.5, 0.6) is 0 Å². The van der Waals surface area contributed by atoms with Gasteiger partial charge in [-0.05, 0) is 78.7 Å². The first-order valence-electron chi connectivity index (χ1n) is 16.5. The van der Waals surface area contributed by atoms with E-state index in [1.807, 2.05) is 6.92 Å². The van der Waals surface area contributed by atoms with Crippen LogP contribution in [-0.2, 0) is 30.3 Å². The highest BCUT2D eigenvalue weighted by Crippen LogP contribution is 2.52. The molecule has 7 nitrogen and oxygen atoms in total. The standard InChI is InChI=1S/C37H44Cl2FNO6Si/c1-6-36(44,25-15-17-46-18-16-25)27-21-30-34(31(40)22-27)37(45-2,26-9-13-29(39)14-10-26)41(35(30)43)32(24-7-11-28(38)12-8-24)23-33(42)47-19-20-48(3,4)5/h7-14,21-22,25,32,44H,6,15-20,23H2,1-5H3/t32-,36?,37+/m0/s1. The molecule has 1 unspecified atom stereocenters. The summed E-state index contributed by atoms with van der Waals surface area (Å²) in [6.45, 7) is 9.69. The fourth-order valence-electron chi connectivity index (χ4n) is 7.04. The van der Waals surface area contributed by atoms with Crippen molar-refractivity contribution in [2.75, 3.05) is 26.9 Å². The number of fused-ring (bicyclic) bond motifs is 1. The minimum absolute atomic E-state index is 0.00225. The molecule has 1 amide bonds. The third-order valence-corrected chi connectivity index (χ3v) is 11.9. The summed E-state index contributed by atoms with van der Waals surface area (Å²) in [5.41, 5.74) is -1.80. The number of carbonyl (C=O) groups excluding carboxylic acids is 2. The molecule has 11 heteroatoms. The van der Waals surface area contributed by atoms with Crippen molar-refractivity contribution in [3.8, 4) is 0 Å². The van der Waals surface area contributed by atoms with Gasteiger partial charge in [0.15, 0.2) is 5.72 Å². The highest BCUT2D eigenvalue weighted by Gasteiger charge is 2.57. The van der Waals surface area contributed by atoms with Gasteiger partial charge in [0.2, 0.25) is 0 Å². The van der Waals surface area contributed by atoms with Crippen LogP contribution < -0.4 is 0 Å². The Bertz CT molecular complexity index is 1630. The van der Waals surface area contributed by atoms with Crippen LogP contribution in [0.15, 0.2) is 60.7 Å². The second kappa shape index (κ2) is 14.6. The lowest BCUT2D eigenvalue weighted by Crippen LogP contribution is -2.49. The molecular formula is C37H44Cl2FNO6Si. The minimum atomic E-state index is -1.80. The van der Waals surface area contributed by atoms with Crippen molar-refractivity contribution >= 4 is 43.2 Å². The Kier molecular flexibility index (Phi) is 11.1. The first kappa shape index (κ1) is 36.5. The number of carbonyl (C=O) groups is 2. The van der Waals surface area contributed by atoms with Gasteiger partial charge in [-0.1, -0.05) is 74.0 Å². The fraction of sp³-hybridized carbons (Fsp3) is 0.459. The van der Waals surface area contributed by atoms with Crippen molar-refractivity contribution in [1.82, 2.24) is 4.90 Å². The van der Waals surface area contributed by atoms with Crippen LogP contribution in [0.25, 0.3) is 0 Å². The summed E-state index contributed by atoms with van der Waals surface area (Å²) in [6, 6.07) is 16.3. The summed E-state index contributed by atoms with van der Waals surface area (Å²) in [7, 11) is -0.0813. The lowest BCUT2D eigenvalue weighted by atomic mass is 9.74. The van der Waals surface area contributed by atoms with Gasteiger partial charge in [-0.15, -0.1) is 0 Å². The maximum atomic E-state index is 16.9. The molecule has 0 radical (unpaired) electrons. The van der Waals surface area contributed by atoms with Gasteiger partial charge in [-0.25, -0.2) is 4.39 Å². The Morgan fingerprint density at radius 2 is 1.69 bits per heavy atom. The van der Waals surface area contributed by atoms with Crippen LogP contribution in [0.4, 0.5) is 4.39 Å². The number of benzene rings is 3. The number of esters is 1. The number of halogens is 3. The molecule has 2 aliphatic rings. The van der Waals surface area contributed by atoms with E-state index in [0.717, 1.165) is 6.04 Å². The highest BCUT2D eigenvalue weighted by atomic mass is 35.5. The number of amides is 1. The molecule has 3 atom stereocenters. The van der Waals surface area contributed by atoms with Crippen molar-refractivity contribution in [2.24, 2.45) is 5.92 Å². The maximum absolute atomic E-state index is 16.9. The zero-order valence-corrected chi connectivity index (χ0v) is 30.7. The van der Waals surface area contributed by atoms with Crippen LogP contribution in [0, 0.1) is 11.7 Å². The minimum Gasteiger partial charge on any atom is -0.466 e. The molecule has 1 N–H and O–H groups in total. The quantitative estimate of drug-likeness (QED) is 0.150. The van der Waals surface area contributed by atoms with Crippen molar-refractivity contribution in [3.05, 3.63) is 104 Å². The van der Waals surface area contributed by atoms with Crippen molar-refractivity contribution in [3.63, 3.8) is 0 Å².